The predicted octanol–water partition coefficient (Wildman–Crippen LogP) is 3.81. The lowest BCUT2D eigenvalue weighted by Gasteiger charge is -2.36. The number of hydrogen-bond acceptors (Lipinski definition) is 3. The third-order valence-electron chi connectivity index (χ3n) is 4.12. The first-order valence-corrected chi connectivity index (χ1v) is 8.66. The van der Waals surface area contributed by atoms with Crippen molar-refractivity contribution in [1.29, 1.82) is 0 Å². The molecule has 0 radical (unpaired) electrons. The van der Waals surface area contributed by atoms with Gasteiger partial charge in [-0.1, -0.05) is 12.1 Å². The molecule has 2 aromatic carbocycles. The van der Waals surface area contributed by atoms with Crippen LogP contribution in [0.25, 0.3) is 0 Å². The Labute approximate surface area is 150 Å². The summed E-state index contributed by atoms with van der Waals surface area (Å²) in [7, 11) is 1.66. The van der Waals surface area contributed by atoms with Gasteiger partial charge < -0.3 is 19.9 Å². The van der Waals surface area contributed by atoms with Gasteiger partial charge in [0.15, 0.2) is 0 Å². The quantitative estimate of drug-likeness (QED) is 0.867. The summed E-state index contributed by atoms with van der Waals surface area (Å²) in [5.41, 5.74) is 1.95. The Balaban J connectivity index is 1.56. The highest BCUT2D eigenvalue weighted by atomic mass is 79.9. The Morgan fingerprint density at radius 2 is 1.71 bits per heavy atom. The van der Waals surface area contributed by atoms with Gasteiger partial charge >= 0.3 is 6.03 Å². The van der Waals surface area contributed by atoms with Gasteiger partial charge in [-0.25, -0.2) is 4.79 Å². The van der Waals surface area contributed by atoms with Crippen molar-refractivity contribution in [2.24, 2.45) is 0 Å². The lowest BCUT2D eigenvalue weighted by Crippen LogP contribution is -2.50. The summed E-state index contributed by atoms with van der Waals surface area (Å²) in [5.74, 6) is 0.852. The highest BCUT2D eigenvalue weighted by Crippen LogP contribution is 2.23. The minimum atomic E-state index is -0.0590. The number of hydrogen-bond donors (Lipinski definition) is 1. The first-order valence-electron chi connectivity index (χ1n) is 7.87. The van der Waals surface area contributed by atoms with Crippen molar-refractivity contribution in [3.05, 3.63) is 53.0 Å². The van der Waals surface area contributed by atoms with Crippen LogP contribution in [-0.2, 0) is 0 Å². The van der Waals surface area contributed by atoms with Crippen molar-refractivity contribution in [2.45, 2.75) is 0 Å². The second kappa shape index (κ2) is 7.57. The highest BCUT2D eigenvalue weighted by molar-refractivity contribution is 9.10. The van der Waals surface area contributed by atoms with Crippen molar-refractivity contribution in [2.75, 3.05) is 43.5 Å². The normalized spacial score (nSPS) is 14.4. The number of carbonyl (C=O) groups excluding carboxylic acids is 1. The molecular formula is C18H20BrN3O2. The smallest absolute Gasteiger partial charge is 0.321 e. The van der Waals surface area contributed by atoms with E-state index in [0.29, 0.717) is 13.1 Å². The number of carbonyl (C=O) groups is 1. The van der Waals surface area contributed by atoms with E-state index in [1.54, 1.807) is 7.11 Å². The van der Waals surface area contributed by atoms with Gasteiger partial charge in [0.1, 0.15) is 5.75 Å². The molecule has 0 aliphatic carbocycles. The molecule has 1 aliphatic rings. The second-order valence-electron chi connectivity index (χ2n) is 5.58. The molecule has 126 valence electrons. The van der Waals surface area contributed by atoms with E-state index in [4.69, 9.17) is 4.74 Å². The van der Waals surface area contributed by atoms with Gasteiger partial charge in [0.2, 0.25) is 0 Å². The van der Waals surface area contributed by atoms with E-state index in [2.05, 4.69) is 38.3 Å². The maximum Gasteiger partial charge on any atom is 0.321 e. The largest absolute Gasteiger partial charge is 0.497 e. The lowest BCUT2D eigenvalue weighted by atomic mass is 10.2. The monoisotopic (exact) mass is 389 g/mol. The number of anilines is 2. The molecule has 0 aromatic heterocycles. The molecule has 5 nitrogen and oxygen atoms in total. The molecule has 0 unspecified atom stereocenters. The maximum absolute atomic E-state index is 12.4. The zero-order valence-electron chi connectivity index (χ0n) is 13.5. The zero-order chi connectivity index (χ0) is 16.9. The van der Waals surface area contributed by atoms with Crippen molar-refractivity contribution in [3.8, 4) is 5.75 Å². The van der Waals surface area contributed by atoms with Crippen LogP contribution in [0.15, 0.2) is 53.0 Å². The maximum atomic E-state index is 12.4. The van der Waals surface area contributed by atoms with Gasteiger partial charge in [0.05, 0.1) is 12.8 Å². The van der Waals surface area contributed by atoms with Crippen LogP contribution in [0.4, 0.5) is 16.2 Å². The number of amides is 2. The number of nitrogens with zero attached hydrogens (tertiary/aromatic N) is 2. The first kappa shape index (κ1) is 16.6. The molecule has 1 aliphatic heterocycles. The van der Waals surface area contributed by atoms with Gasteiger partial charge in [-0.05, 0) is 52.3 Å². The number of methoxy groups -OCH3 is 1. The topological polar surface area (TPSA) is 44.8 Å². The minimum Gasteiger partial charge on any atom is -0.497 e. The van der Waals surface area contributed by atoms with E-state index in [0.717, 1.165) is 34.7 Å². The molecule has 0 bridgehead atoms. The van der Waals surface area contributed by atoms with E-state index < -0.39 is 0 Å². The summed E-state index contributed by atoms with van der Waals surface area (Å²) in [4.78, 5) is 16.5. The molecule has 1 saturated heterocycles. The number of benzene rings is 2. The summed E-state index contributed by atoms with van der Waals surface area (Å²) < 4.78 is 6.07. The number of rotatable bonds is 3. The molecule has 1 fully saturated rings. The average Bonchev–Trinajstić information content (AvgIpc) is 2.64. The standard InChI is InChI=1S/C18H20BrN3O2/c1-24-15-8-6-14(7-9-15)21-10-12-22(13-11-21)18(23)20-17-5-3-2-4-16(17)19/h2-9H,10-13H2,1H3,(H,20,23). The van der Waals surface area contributed by atoms with Crippen LogP contribution < -0.4 is 15.0 Å². The first-order chi connectivity index (χ1) is 11.7. The molecule has 2 aromatic rings. The molecule has 2 amide bonds. The Hall–Kier alpha value is -2.21. The Kier molecular flexibility index (Phi) is 5.25. The van der Waals surface area contributed by atoms with E-state index in [1.165, 1.54) is 0 Å². The molecule has 1 N–H and O–H groups in total. The number of ether oxygens (including phenoxy) is 1. The van der Waals surface area contributed by atoms with Crippen molar-refractivity contribution >= 4 is 33.3 Å². The van der Waals surface area contributed by atoms with E-state index in [1.807, 2.05) is 41.3 Å². The Bertz CT molecular complexity index is 698. The number of halogens is 1. The molecule has 0 saturated carbocycles. The summed E-state index contributed by atoms with van der Waals surface area (Å²) >= 11 is 3.45. The van der Waals surface area contributed by atoms with Crippen molar-refractivity contribution in [3.63, 3.8) is 0 Å². The average molecular weight is 390 g/mol. The van der Waals surface area contributed by atoms with Gasteiger partial charge in [-0.2, -0.15) is 0 Å². The highest BCUT2D eigenvalue weighted by Gasteiger charge is 2.21. The summed E-state index contributed by atoms with van der Waals surface area (Å²) in [6.45, 7) is 3.02. The van der Waals surface area contributed by atoms with Crippen LogP contribution in [-0.4, -0.2) is 44.2 Å². The van der Waals surface area contributed by atoms with Crippen LogP contribution in [0, 0.1) is 0 Å². The van der Waals surface area contributed by atoms with Crippen LogP contribution in [0.5, 0.6) is 5.75 Å². The Morgan fingerprint density at radius 1 is 1.04 bits per heavy atom. The van der Waals surface area contributed by atoms with Crippen molar-refractivity contribution in [1.82, 2.24) is 4.90 Å². The molecular weight excluding hydrogens is 370 g/mol. The van der Waals surface area contributed by atoms with Crippen LogP contribution in [0.3, 0.4) is 0 Å². The fourth-order valence-corrected chi connectivity index (χ4v) is 3.10. The van der Waals surface area contributed by atoms with E-state index in [9.17, 15) is 4.79 Å². The summed E-state index contributed by atoms with van der Waals surface area (Å²) in [6.07, 6.45) is 0. The fourth-order valence-electron chi connectivity index (χ4n) is 2.72. The van der Waals surface area contributed by atoms with Crippen LogP contribution in [0.1, 0.15) is 0 Å². The molecule has 24 heavy (non-hydrogen) atoms. The summed E-state index contributed by atoms with van der Waals surface area (Å²) in [6, 6.07) is 15.6. The molecule has 0 spiro atoms. The second-order valence-corrected chi connectivity index (χ2v) is 6.44. The van der Waals surface area contributed by atoms with Gasteiger partial charge in [-0.15, -0.1) is 0 Å². The SMILES string of the molecule is COc1ccc(N2CCN(C(=O)Nc3ccccc3Br)CC2)cc1. The zero-order valence-corrected chi connectivity index (χ0v) is 15.1. The molecule has 6 heteroatoms. The van der Waals surface area contributed by atoms with E-state index >= 15 is 0 Å². The van der Waals surface area contributed by atoms with Gasteiger partial charge in [0.25, 0.3) is 0 Å². The number of para-hydroxylation sites is 1. The summed E-state index contributed by atoms with van der Waals surface area (Å²) in [5, 5.41) is 2.95. The third-order valence-corrected chi connectivity index (χ3v) is 4.81. The number of piperazine rings is 1. The number of nitrogens with one attached hydrogen (secondary N) is 1. The predicted molar refractivity (Wildman–Crippen MR) is 99.9 cm³/mol. The van der Waals surface area contributed by atoms with Gasteiger partial charge in [-0.3, -0.25) is 0 Å². The van der Waals surface area contributed by atoms with E-state index in [-0.39, 0.29) is 6.03 Å². The fraction of sp³-hybridized carbons (Fsp3) is 0.278. The van der Waals surface area contributed by atoms with Crippen LogP contribution >= 0.6 is 15.9 Å². The lowest BCUT2D eigenvalue weighted by molar-refractivity contribution is 0.208. The molecule has 0 atom stereocenters. The van der Waals surface area contributed by atoms with Gasteiger partial charge in [0, 0.05) is 36.3 Å². The Morgan fingerprint density at radius 3 is 2.33 bits per heavy atom. The molecule has 1 heterocycles. The molecule has 3 rings (SSSR count). The van der Waals surface area contributed by atoms with Crippen LogP contribution in [0.2, 0.25) is 0 Å². The number of urea groups is 1. The van der Waals surface area contributed by atoms with Crippen molar-refractivity contribution < 1.29 is 9.53 Å². The minimum absolute atomic E-state index is 0.0590. The third kappa shape index (κ3) is 3.82.